The topological polar surface area (TPSA) is 67.4 Å². The number of nitrogens with zero attached hydrogens (tertiary/aromatic N) is 3. The second kappa shape index (κ2) is 7.29. The molecule has 0 radical (unpaired) electrons. The van der Waals surface area contributed by atoms with Gasteiger partial charge < -0.3 is 10.1 Å². The molecule has 0 atom stereocenters. The molecule has 2 aromatic heterocycles. The molecule has 3 rings (SSSR count). The van der Waals surface area contributed by atoms with Crippen molar-refractivity contribution in [1.82, 2.24) is 20.2 Å². The monoisotopic (exact) mass is 300 g/mol. The van der Waals surface area contributed by atoms with Crippen molar-refractivity contribution >= 4 is 16.8 Å². The highest BCUT2D eigenvalue weighted by Gasteiger charge is 2.11. The van der Waals surface area contributed by atoms with E-state index in [4.69, 9.17) is 4.74 Å². The molecule has 2 aromatic rings. The van der Waals surface area contributed by atoms with Gasteiger partial charge in [0, 0.05) is 37.4 Å². The molecule has 1 N–H and O–H groups in total. The minimum Gasteiger partial charge on any atom is -0.379 e. The first-order valence-corrected chi connectivity index (χ1v) is 7.62. The summed E-state index contributed by atoms with van der Waals surface area (Å²) in [6.07, 6.45) is 4.36. The van der Waals surface area contributed by atoms with Crippen molar-refractivity contribution in [2.75, 3.05) is 39.4 Å². The van der Waals surface area contributed by atoms with Gasteiger partial charge in [-0.1, -0.05) is 0 Å². The Bertz CT molecular complexity index is 641. The Labute approximate surface area is 129 Å². The molecule has 1 amide bonds. The van der Waals surface area contributed by atoms with E-state index in [1.165, 1.54) is 0 Å². The van der Waals surface area contributed by atoms with Gasteiger partial charge in [0.25, 0.3) is 5.91 Å². The van der Waals surface area contributed by atoms with Gasteiger partial charge in [0.05, 0.1) is 18.7 Å². The van der Waals surface area contributed by atoms with E-state index < -0.39 is 0 Å². The third kappa shape index (κ3) is 3.78. The maximum Gasteiger partial charge on any atom is 0.269 e. The summed E-state index contributed by atoms with van der Waals surface area (Å²) in [4.78, 5) is 22.9. The largest absolute Gasteiger partial charge is 0.379 e. The Morgan fingerprint density at radius 3 is 3.00 bits per heavy atom. The van der Waals surface area contributed by atoms with Gasteiger partial charge >= 0.3 is 0 Å². The van der Waals surface area contributed by atoms with E-state index >= 15 is 0 Å². The quantitative estimate of drug-likeness (QED) is 0.837. The van der Waals surface area contributed by atoms with Crippen LogP contribution in [0.5, 0.6) is 0 Å². The number of morpholine rings is 1. The van der Waals surface area contributed by atoms with Gasteiger partial charge in [0.15, 0.2) is 0 Å². The van der Waals surface area contributed by atoms with Crippen molar-refractivity contribution in [3.63, 3.8) is 0 Å². The van der Waals surface area contributed by atoms with E-state index in [2.05, 4.69) is 20.2 Å². The van der Waals surface area contributed by atoms with E-state index in [0.717, 1.165) is 50.2 Å². The fourth-order valence-electron chi connectivity index (χ4n) is 2.51. The first kappa shape index (κ1) is 14.9. The summed E-state index contributed by atoms with van der Waals surface area (Å²) < 4.78 is 5.31. The number of rotatable bonds is 5. The predicted molar refractivity (Wildman–Crippen MR) is 83.7 cm³/mol. The summed E-state index contributed by atoms with van der Waals surface area (Å²) in [5.74, 6) is -0.124. The van der Waals surface area contributed by atoms with Gasteiger partial charge in [0.1, 0.15) is 5.69 Å². The van der Waals surface area contributed by atoms with Gasteiger partial charge in [0.2, 0.25) is 0 Å². The second-order valence-electron chi connectivity index (χ2n) is 5.33. The van der Waals surface area contributed by atoms with Crippen LogP contribution in [-0.2, 0) is 4.74 Å². The number of pyridine rings is 2. The Morgan fingerprint density at radius 1 is 1.27 bits per heavy atom. The summed E-state index contributed by atoms with van der Waals surface area (Å²) in [5.41, 5.74) is 1.24. The normalized spacial score (nSPS) is 15.8. The molecule has 1 aliphatic heterocycles. The van der Waals surface area contributed by atoms with Crippen molar-refractivity contribution in [2.24, 2.45) is 0 Å². The molecule has 0 aromatic carbocycles. The molecule has 0 bridgehead atoms. The summed E-state index contributed by atoms with van der Waals surface area (Å²) >= 11 is 0. The Hall–Kier alpha value is -2.05. The summed E-state index contributed by atoms with van der Waals surface area (Å²) in [6, 6.07) is 5.42. The average molecular weight is 300 g/mol. The number of ether oxygens (including phenoxy) is 1. The van der Waals surface area contributed by atoms with E-state index in [0.29, 0.717) is 12.2 Å². The SMILES string of the molecule is O=C(NCCCN1CCOCC1)c1ccc2cnccc2n1. The lowest BCUT2D eigenvalue weighted by Crippen LogP contribution is -2.38. The number of fused-ring (bicyclic) bond motifs is 1. The average Bonchev–Trinajstić information content (AvgIpc) is 2.59. The molecule has 0 unspecified atom stereocenters. The van der Waals surface area contributed by atoms with Crippen LogP contribution in [0.1, 0.15) is 16.9 Å². The first-order valence-electron chi connectivity index (χ1n) is 7.62. The Balaban J connectivity index is 1.48. The van der Waals surface area contributed by atoms with E-state index in [1.807, 2.05) is 12.1 Å². The number of amides is 1. The van der Waals surface area contributed by atoms with Crippen molar-refractivity contribution in [2.45, 2.75) is 6.42 Å². The molecule has 0 saturated carbocycles. The van der Waals surface area contributed by atoms with Gasteiger partial charge in [-0.3, -0.25) is 14.7 Å². The number of aromatic nitrogens is 2. The lowest BCUT2D eigenvalue weighted by atomic mass is 10.2. The standard InChI is InChI=1S/C16H20N4O2/c21-16(18-5-1-7-20-8-10-22-11-9-20)15-3-2-13-12-17-6-4-14(13)19-15/h2-4,6,12H,1,5,7-11H2,(H,18,21). The minimum absolute atomic E-state index is 0.124. The predicted octanol–water partition coefficient (Wildman–Crippen LogP) is 1.08. The van der Waals surface area contributed by atoms with Crippen LogP contribution >= 0.6 is 0 Å². The van der Waals surface area contributed by atoms with Crippen LogP contribution in [-0.4, -0.2) is 60.2 Å². The highest BCUT2D eigenvalue weighted by molar-refractivity contribution is 5.94. The Morgan fingerprint density at radius 2 is 2.14 bits per heavy atom. The molecule has 0 spiro atoms. The summed E-state index contributed by atoms with van der Waals surface area (Å²) in [5, 5.41) is 3.86. The molecular weight excluding hydrogens is 280 g/mol. The maximum absolute atomic E-state index is 12.1. The zero-order valence-electron chi connectivity index (χ0n) is 12.5. The highest BCUT2D eigenvalue weighted by Crippen LogP contribution is 2.10. The third-order valence-electron chi connectivity index (χ3n) is 3.76. The van der Waals surface area contributed by atoms with Gasteiger partial charge in [-0.05, 0) is 31.2 Å². The Kier molecular flexibility index (Phi) is 4.92. The summed E-state index contributed by atoms with van der Waals surface area (Å²) in [7, 11) is 0. The number of hydrogen-bond donors (Lipinski definition) is 1. The summed E-state index contributed by atoms with van der Waals surface area (Å²) in [6.45, 7) is 5.22. The third-order valence-corrected chi connectivity index (χ3v) is 3.76. The van der Waals surface area contributed by atoms with Crippen LogP contribution in [0, 0.1) is 0 Å². The van der Waals surface area contributed by atoms with Gasteiger partial charge in [-0.25, -0.2) is 4.98 Å². The van der Waals surface area contributed by atoms with E-state index in [9.17, 15) is 4.79 Å². The number of carbonyl (C=O) groups excluding carboxylic acids is 1. The number of carbonyl (C=O) groups is 1. The fraction of sp³-hybridized carbons (Fsp3) is 0.438. The number of nitrogens with one attached hydrogen (secondary N) is 1. The van der Waals surface area contributed by atoms with E-state index in [-0.39, 0.29) is 5.91 Å². The molecule has 22 heavy (non-hydrogen) atoms. The van der Waals surface area contributed by atoms with E-state index in [1.54, 1.807) is 18.5 Å². The van der Waals surface area contributed by atoms with Crippen LogP contribution in [0.4, 0.5) is 0 Å². The van der Waals surface area contributed by atoms with Crippen molar-refractivity contribution in [3.05, 3.63) is 36.3 Å². The molecule has 3 heterocycles. The fourth-order valence-corrected chi connectivity index (χ4v) is 2.51. The molecule has 1 fully saturated rings. The lowest BCUT2D eigenvalue weighted by Gasteiger charge is -2.26. The first-order chi connectivity index (χ1) is 10.8. The molecule has 116 valence electrons. The van der Waals surface area contributed by atoms with Crippen molar-refractivity contribution < 1.29 is 9.53 Å². The van der Waals surface area contributed by atoms with Crippen LogP contribution in [0.15, 0.2) is 30.6 Å². The maximum atomic E-state index is 12.1. The second-order valence-corrected chi connectivity index (χ2v) is 5.33. The van der Waals surface area contributed by atoms with Crippen LogP contribution in [0.2, 0.25) is 0 Å². The lowest BCUT2D eigenvalue weighted by molar-refractivity contribution is 0.0374. The van der Waals surface area contributed by atoms with Crippen LogP contribution in [0.3, 0.4) is 0 Å². The molecule has 6 nitrogen and oxygen atoms in total. The van der Waals surface area contributed by atoms with Crippen molar-refractivity contribution in [1.29, 1.82) is 0 Å². The smallest absolute Gasteiger partial charge is 0.269 e. The minimum atomic E-state index is -0.124. The van der Waals surface area contributed by atoms with Crippen LogP contribution in [0.25, 0.3) is 10.9 Å². The van der Waals surface area contributed by atoms with Gasteiger partial charge in [-0.2, -0.15) is 0 Å². The highest BCUT2D eigenvalue weighted by atomic mass is 16.5. The zero-order chi connectivity index (χ0) is 15.2. The van der Waals surface area contributed by atoms with Gasteiger partial charge in [-0.15, -0.1) is 0 Å². The number of hydrogen-bond acceptors (Lipinski definition) is 5. The zero-order valence-corrected chi connectivity index (χ0v) is 12.5. The molecule has 1 saturated heterocycles. The van der Waals surface area contributed by atoms with Crippen LogP contribution < -0.4 is 5.32 Å². The molecule has 1 aliphatic rings. The molecule has 0 aliphatic carbocycles. The molecule has 6 heteroatoms. The molecular formula is C16H20N4O2. The van der Waals surface area contributed by atoms with Crippen molar-refractivity contribution in [3.8, 4) is 0 Å².